The molecule has 5 nitrogen and oxygen atoms in total. The molecule has 0 fully saturated rings. The van der Waals surface area contributed by atoms with Crippen molar-refractivity contribution in [2.75, 3.05) is 0 Å². The third kappa shape index (κ3) is 4.49. The molecule has 9 heteroatoms. The standard InChI is InChI=1S/C16H12ClF3N4O/c17-22-9-11-1-3-12(4-2-11)15-21-10-24(23-15)13-5-7-14(8-6-13)25-16(18,19)20/h1-8,10,22H,9H2. The van der Waals surface area contributed by atoms with E-state index in [0.717, 1.165) is 11.1 Å². The van der Waals surface area contributed by atoms with Gasteiger partial charge in [0, 0.05) is 12.1 Å². The van der Waals surface area contributed by atoms with Crippen LogP contribution >= 0.6 is 11.8 Å². The third-order valence-electron chi connectivity index (χ3n) is 3.31. The number of nitrogens with zero attached hydrogens (tertiary/aromatic N) is 3. The Morgan fingerprint density at radius 2 is 1.72 bits per heavy atom. The van der Waals surface area contributed by atoms with Crippen LogP contribution < -0.4 is 9.57 Å². The Morgan fingerprint density at radius 1 is 1.04 bits per heavy atom. The predicted molar refractivity (Wildman–Crippen MR) is 86.2 cm³/mol. The van der Waals surface area contributed by atoms with Gasteiger partial charge in [0.25, 0.3) is 0 Å². The molecule has 2 aromatic carbocycles. The van der Waals surface area contributed by atoms with Gasteiger partial charge >= 0.3 is 6.36 Å². The van der Waals surface area contributed by atoms with Crippen LogP contribution in [0.25, 0.3) is 17.1 Å². The van der Waals surface area contributed by atoms with Gasteiger partial charge in [-0.1, -0.05) is 24.3 Å². The molecule has 3 aromatic rings. The highest BCUT2D eigenvalue weighted by Crippen LogP contribution is 2.24. The molecule has 0 spiro atoms. The van der Waals surface area contributed by atoms with E-state index in [1.54, 1.807) is 0 Å². The molecule has 3 rings (SSSR count). The summed E-state index contributed by atoms with van der Waals surface area (Å²) in [5, 5.41) is 4.33. The Balaban J connectivity index is 1.76. The van der Waals surface area contributed by atoms with Crippen molar-refractivity contribution < 1.29 is 17.9 Å². The van der Waals surface area contributed by atoms with Gasteiger partial charge in [0.2, 0.25) is 0 Å². The Bertz CT molecular complexity index is 832. The quantitative estimate of drug-likeness (QED) is 0.690. The van der Waals surface area contributed by atoms with Crippen LogP contribution in [0.5, 0.6) is 5.75 Å². The third-order valence-corrected chi connectivity index (χ3v) is 3.44. The largest absolute Gasteiger partial charge is 0.573 e. The SMILES string of the molecule is FC(F)(F)Oc1ccc(-n2cnc(-c3ccc(CNCl)cc3)n2)cc1. The number of hydrogen-bond donors (Lipinski definition) is 1. The topological polar surface area (TPSA) is 52.0 Å². The van der Waals surface area contributed by atoms with E-state index in [2.05, 4.69) is 19.7 Å². The minimum Gasteiger partial charge on any atom is -0.406 e. The van der Waals surface area contributed by atoms with E-state index in [1.807, 2.05) is 24.3 Å². The van der Waals surface area contributed by atoms with Gasteiger partial charge in [0.15, 0.2) is 5.82 Å². The van der Waals surface area contributed by atoms with E-state index in [0.29, 0.717) is 18.1 Å². The molecular weight excluding hydrogens is 357 g/mol. The van der Waals surface area contributed by atoms with E-state index in [1.165, 1.54) is 35.3 Å². The Kier molecular flexibility index (Phi) is 4.91. The fourth-order valence-corrected chi connectivity index (χ4v) is 2.32. The van der Waals surface area contributed by atoms with E-state index in [4.69, 9.17) is 11.8 Å². The first-order valence-corrected chi connectivity index (χ1v) is 7.53. The van der Waals surface area contributed by atoms with Crippen molar-refractivity contribution in [2.45, 2.75) is 12.9 Å². The lowest BCUT2D eigenvalue weighted by atomic mass is 10.1. The molecule has 1 heterocycles. The first kappa shape index (κ1) is 17.2. The number of hydrogen-bond acceptors (Lipinski definition) is 4. The van der Waals surface area contributed by atoms with Crippen LogP contribution in [0.2, 0.25) is 0 Å². The molecule has 25 heavy (non-hydrogen) atoms. The van der Waals surface area contributed by atoms with Crippen LogP contribution in [0.15, 0.2) is 54.9 Å². The van der Waals surface area contributed by atoms with Crippen LogP contribution in [-0.4, -0.2) is 21.1 Å². The molecule has 0 aliphatic rings. The number of nitrogens with one attached hydrogen (secondary N) is 1. The fraction of sp³-hybridized carbons (Fsp3) is 0.125. The lowest BCUT2D eigenvalue weighted by Gasteiger charge is -2.09. The Hall–Kier alpha value is -2.58. The highest BCUT2D eigenvalue weighted by molar-refractivity contribution is 6.13. The van der Waals surface area contributed by atoms with Crippen LogP contribution in [0.3, 0.4) is 0 Å². The van der Waals surface area contributed by atoms with E-state index >= 15 is 0 Å². The summed E-state index contributed by atoms with van der Waals surface area (Å²) in [6.45, 7) is 0.538. The summed E-state index contributed by atoms with van der Waals surface area (Å²) in [5.74, 6) is 0.209. The molecule has 0 unspecified atom stereocenters. The fourth-order valence-electron chi connectivity index (χ4n) is 2.17. The van der Waals surface area contributed by atoms with Crippen LogP contribution in [0.4, 0.5) is 13.2 Å². The van der Waals surface area contributed by atoms with Gasteiger partial charge in [-0.05, 0) is 41.6 Å². The van der Waals surface area contributed by atoms with Crippen LogP contribution in [-0.2, 0) is 6.54 Å². The summed E-state index contributed by atoms with van der Waals surface area (Å²) in [4.78, 5) is 6.76. The molecule has 130 valence electrons. The molecular formula is C16H12ClF3N4O. The average Bonchev–Trinajstić information content (AvgIpc) is 3.05. The second-order valence-electron chi connectivity index (χ2n) is 5.06. The molecule has 0 atom stereocenters. The van der Waals surface area contributed by atoms with Gasteiger partial charge in [-0.15, -0.1) is 18.3 Å². The molecule has 0 bridgehead atoms. The molecule has 0 aliphatic carbocycles. The summed E-state index contributed by atoms with van der Waals surface area (Å²) in [5.41, 5.74) is 2.39. The molecule has 1 N–H and O–H groups in total. The van der Waals surface area contributed by atoms with E-state index < -0.39 is 6.36 Å². The van der Waals surface area contributed by atoms with E-state index in [-0.39, 0.29) is 5.75 Å². The summed E-state index contributed by atoms with van der Waals surface area (Å²) >= 11 is 5.46. The number of aromatic nitrogens is 3. The zero-order valence-electron chi connectivity index (χ0n) is 12.7. The van der Waals surface area contributed by atoms with Gasteiger partial charge in [0.05, 0.1) is 5.69 Å². The molecule has 1 aromatic heterocycles. The molecule has 0 radical (unpaired) electrons. The average molecular weight is 369 g/mol. The first-order valence-electron chi connectivity index (χ1n) is 7.15. The monoisotopic (exact) mass is 368 g/mol. The molecule has 0 saturated heterocycles. The van der Waals surface area contributed by atoms with Gasteiger partial charge in [-0.25, -0.2) is 14.5 Å². The minimum atomic E-state index is -4.72. The lowest BCUT2D eigenvalue weighted by Crippen LogP contribution is -2.17. The predicted octanol–water partition coefficient (Wildman–Crippen LogP) is 4.08. The maximum atomic E-state index is 12.2. The smallest absolute Gasteiger partial charge is 0.406 e. The van der Waals surface area contributed by atoms with E-state index in [9.17, 15) is 13.2 Å². The zero-order valence-corrected chi connectivity index (χ0v) is 13.4. The van der Waals surface area contributed by atoms with Crippen molar-refractivity contribution in [3.8, 4) is 22.8 Å². The Morgan fingerprint density at radius 3 is 2.32 bits per heavy atom. The Labute approximate surface area is 146 Å². The number of alkyl halides is 3. The first-order chi connectivity index (χ1) is 11.9. The second kappa shape index (κ2) is 7.12. The summed E-state index contributed by atoms with van der Waals surface area (Å²) in [7, 11) is 0. The lowest BCUT2D eigenvalue weighted by molar-refractivity contribution is -0.274. The van der Waals surface area contributed by atoms with Crippen molar-refractivity contribution in [3.05, 3.63) is 60.4 Å². The normalized spacial score (nSPS) is 11.5. The van der Waals surface area contributed by atoms with Crippen molar-refractivity contribution >= 4 is 11.8 Å². The summed E-state index contributed by atoms with van der Waals surface area (Å²) < 4.78 is 41.8. The minimum absolute atomic E-state index is 0.292. The maximum Gasteiger partial charge on any atom is 0.573 e. The van der Waals surface area contributed by atoms with Gasteiger partial charge < -0.3 is 4.74 Å². The maximum absolute atomic E-state index is 12.2. The number of ether oxygens (including phenoxy) is 1. The molecule has 0 saturated carbocycles. The van der Waals surface area contributed by atoms with Crippen molar-refractivity contribution in [1.29, 1.82) is 0 Å². The summed E-state index contributed by atoms with van der Waals surface area (Å²) in [6.07, 6.45) is -3.23. The van der Waals surface area contributed by atoms with Crippen molar-refractivity contribution in [2.24, 2.45) is 0 Å². The number of halogens is 4. The highest BCUT2D eigenvalue weighted by atomic mass is 35.5. The van der Waals surface area contributed by atoms with Gasteiger partial charge in [-0.2, -0.15) is 0 Å². The van der Waals surface area contributed by atoms with Gasteiger partial charge in [0.1, 0.15) is 12.1 Å². The highest BCUT2D eigenvalue weighted by Gasteiger charge is 2.30. The second-order valence-corrected chi connectivity index (χ2v) is 5.33. The van der Waals surface area contributed by atoms with Crippen molar-refractivity contribution in [3.63, 3.8) is 0 Å². The zero-order chi connectivity index (χ0) is 17.9. The van der Waals surface area contributed by atoms with Crippen LogP contribution in [0.1, 0.15) is 5.56 Å². The van der Waals surface area contributed by atoms with Gasteiger partial charge in [-0.3, -0.25) is 0 Å². The molecule has 0 aliphatic heterocycles. The molecule has 0 amide bonds. The number of benzene rings is 2. The number of rotatable bonds is 5. The summed E-state index contributed by atoms with van der Waals surface area (Å²) in [6, 6.07) is 12.9. The van der Waals surface area contributed by atoms with Crippen molar-refractivity contribution in [1.82, 2.24) is 19.6 Å². The van der Waals surface area contributed by atoms with Crippen LogP contribution in [0, 0.1) is 0 Å².